The lowest BCUT2D eigenvalue weighted by Gasteiger charge is -2.18. The van der Waals surface area contributed by atoms with Gasteiger partial charge in [0.15, 0.2) is 0 Å². The highest BCUT2D eigenvalue weighted by Crippen LogP contribution is 2.36. The standard InChI is InChI=1S/C21H21NO3/c1-2-25-15-9-6-13(7-10-15)16-4-3-5-17-18-12-14(21(23)24)8-11-19(18)22-20(16)17/h3-7,9-10,14,22H,2,8,11-12H2,1H3,(H,23,24). The maximum Gasteiger partial charge on any atom is 0.306 e. The van der Waals surface area contributed by atoms with Gasteiger partial charge in [0.2, 0.25) is 0 Å². The van der Waals surface area contributed by atoms with Crippen LogP contribution >= 0.6 is 0 Å². The number of para-hydroxylation sites is 1. The number of fused-ring (bicyclic) bond motifs is 3. The lowest BCUT2D eigenvalue weighted by molar-refractivity contribution is -0.142. The number of hydrogen-bond acceptors (Lipinski definition) is 2. The molecule has 2 aromatic carbocycles. The molecule has 0 aliphatic heterocycles. The summed E-state index contributed by atoms with van der Waals surface area (Å²) >= 11 is 0. The minimum Gasteiger partial charge on any atom is -0.494 e. The van der Waals surface area contributed by atoms with Gasteiger partial charge in [-0.05, 0) is 49.4 Å². The normalized spacial score (nSPS) is 16.6. The summed E-state index contributed by atoms with van der Waals surface area (Å²) in [4.78, 5) is 14.9. The highest BCUT2D eigenvalue weighted by atomic mass is 16.5. The molecule has 4 rings (SSSR count). The van der Waals surface area contributed by atoms with Crippen molar-refractivity contribution in [3.05, 3.63) is 53.7 Å². The first-order chi connectivity index (χ1) is 12.2. The van der Waals surface area contributed by atoms with Crippen molar-refractivity contribution in [3.63, 3.8) is 0 Å². The fourth-order valence-corrected chi connectivity index (χ4v) is 3.79. The van der Waals surface area contributed by atoms with Crippen LogP contribution in [-0.4, -0.2) is 22.7 Å². The molecule has 1 heterocycles. The molecule has 4 nitrogen and oxygen atoms in total. The second kappa shape index (κ2) is 6.28. The molecule has 0 spiro atoms. The number of nitrogens with one attached hydrogen (secondary N) is 1. The van der Waals surface area contributed by atoms with Gasteiger partial charge in [0.05, 0.1) is 18.0 Å². The van der Waals surface area contributed by atoms with Gasteiger partial charge in [0.25, 0.3) is 0 Å². The number of ether oxygens (including phenoxy) is 1. The Morgan fingerprint density at radius 1 is 1.24 bits per heavy atom. The minimum absolute atomic E-state index is 0.277. The Hall–Kier alpha value is -2.75. The molecule has 0 saturated heterocycles. The number of aromatic nitrogens is 1. The zero-order chi connectivity index (χ0) is 17.4. The third kappa shape index (κ3) is 2.78. The van der Waals surface area contributed by atoms with Gasteiger partial charge in [0, 0.05) is 16.6 Å². The molecule has 0 fully saturated rings. The Morgan fingerprint density at radius 2 is 2.04 bits per heavy atom. The second-order valence-corrected chi connectivity index (χ2v) is 6.55. The molecule has 3 aromatic rings. The predicted molar refractivity (Wildman–Crippen MR) is 98.1 cm³/mol. The summed E-state index contributed by atoms with van der Waals surface area (Å²) in [6, 6.07) is 14.4. The Morgan fingerprint density at radius 3 is 2.76 bits per heavy atom. The number of aliphatic carboxylic acids is 1. The van der Waals surface area contributed by atoms with E-state index >= 15 is 0 Å². The molecular formula is C21H21NO3. The van der Waals surface area contributed by atoms with Crippen molar-refractivity contribution >= 4 is 16.9 Å². The summed E-state index contributed by atoms with van der Waals surface area (Å²) < 4.78 is 5.52. The van der Waals surface area contributed by atoms with Crippen LogP contribution in [0.5, 0.6) is 5.75 Å². The fourth-order valence-electron chi connectivity index (χ4n) is 3.79. The average molecular weight is 335 g/mol. The van der Waals surface area contributed by atoms with Gasteiger partial charge in [0.1, 0.15) is 5.75 Å². The van der Waals surface area contributed by atoms with Crippen molar-refractivity contribution < 1.29 is 14.6 Å². The molecule has 0 radical (unpaired) electrons. The summed E-state index contributed by atoms with van der Waals surface area (Å²) in [6.45, 7) is 2.63. The van der Waals surface area contributed by atoms with Crippen LogP contribution in [0.4, 0.5) is 0 Å². The SMILES string of the molecule is CCOc1ccc(-c2cccc3c4c([nH]c23)CCC(C(=O)O)C4)cc1. The molecule has 1 aliphatic rings. The molecule has 1 unspecified atom stereocenters. The molecule has 4 heteroatoms. The molecule has 0 saturated carbocycles. The molecule has 1 atom stereocenters. The van der Waals surface area contributed by atoms with Crippen LogP contribution < -0.4 is 4.74 Å². The summed E-state index contributed by atoms with van der Waals surface area (Å²) in [7, 11) is 0. The van der Waals surface area contributed by atoms with Crippen LogP contribution in [0.1, 0.15) is 24.6 Å². The molecule has 1 aliphatic carbocycles. The molecule has 128 valence electrons. The minimum atomic E-state index is -0.692. The van der Waals surface area contributed by atoms with Gasteiger partial charge in [-0.25, -0.2) is 0 Å². The number of aromatic amines is 1. The number of carbonyl (C=O) groups is 1. The van der Waals surface area contributed by atoms with E-state index in [4.69, 9.17) is 4.74 Å². The van der Waals surface area contributed by atoms with Crippen molar-refractivity contribution in [1.82, 2.24) is 4.98 Å². The van der Waals surface area contributed by atoms with E-state index in [1.807, 2.05) is 25.1 Å². The van der Waals surface area contributed by atoms with Gasteiger partial charge in [-0.2, -0.15) is 0 Å². The van der Waals surface area contributed by atoms with E-state index in [0.29, 0.717) is 19.4 Å². The first-order valence-corrected chi connectivity index (χ1v) is 8.76. The molecular weight excluding hydrogens is 314 g/mol. The topological polar surface area (TPSA) is 62.3 Å². The van der Waals surface area contributed by atoms with Gasteiger partial charge < -0.3 is 14.8 Å². The van der Waals surface area contributed by atoms with E-state index in [9.17, 15) is 9.90 Å². The van der Waals surface area contributed by atoms with Gasteiger partial charge in [-0.1, -0.05) is 30.3 Å². The number of carboxylic acids is 1. The van der Waals surface area contributed by atoms with E-state index in [-0.39, 0.29) is 5.92 Å². The Bertz CT molecular complexity index is 924. The van der Waals surface area contributed by atoms with E-state index in [1.165, 1.54) is 11.3 Å². The molecule has 0 amide bonds. The molecule has 1 aromatic heterocycles. The Balaban J connectivity index is 1.78. The van der Waals surface area contributed by atoms with Crippen LogP contribution in [0.25, 0.3) is 22.0 Å². The number of carboxylic acid groups (broad SMARTS) is 1. The predicted octanol–water partition coefficient (Wildman–Crippen LogP) is 4.42. The van der Waals surface area contributed by atoms with Gasteiger partial charge in [-0.15, -0.1) is 0 Å². The van der Waals surface area contributed by atoms with Crippen LogP contribution in [0.3, 0.4) is 0 Å². The lowest BCUT2D eigenvalue weighted by atomic mass is 9.86. The molecule has 25 heavy (non-hydrogen) atoms. The first kappa shape index (κ1) is 15.8. The van der Waals surface area contributed by atoms with Crippen molar-refractivity contribution in [3.8, 4) is 16.9 Å². The Labute approximate surface area is 146 Å². The van der Waals surface area contributed by atoms with Gasteiger partial charge in [-0.3, -0.25) is 4.79 Å². The van der Waals surface area contributed by atoms with E-state index in [0.717, 1.165) is 34.2 Å². The van der Waals surface area contributed by atoms with E-state index in [1.54, 1.807) is 0 Å². The molecule has 2 N–H and O–H groups in total. The highest BCUT2D eigenvalue weighted by molar-refractivity contribution is 5.97. The first-order valence-electron chi connectivity index (χ1n) is 8.76. The Kier molecular flexibility index (Phi) is 3.96. The summed E-state index contributed by atoms with van der Waals surface area (Å²) in [5.41, 5.74) is 5.72. The van der Waals surface area contributed by atoms with Crippen molar-refractivity contribution in [2.45, 2.75) is 26.2 Å². The maximum atomic E-state index is 11.4. The second-order valence-electron chi connectivity index (χ2n) is 6.55. The quantitative estimate of drug-likeness (QED) is 0.742. The monoisotopic (exact) mass is 335 g/mol. The van der Waals surface area contributed by atoms with Crippen LogP contribution in [0, 0.1) is 5.92 Å². The highest BCUT2D eigenvalue weighted by Gasteiger charge is 2.27. The smallest absolute Gasteiger partial charge is 0.306 e. The largest absolute Gasteiger partial charge is 0.494 e. The average Bonchev–Trinajstić information content (AvgIpc) is 3.00. The maximum absolute atomic E-state index is 11.4. The number of benzene rings is 2. The summed E-state index contributed by atoms with van der Waals surface area (Å²) in [5.74, 6) is -0.100. The number of rotatable bonds is 4. The zero-order valence-electron chi connectivity index (χ0n) is 14.2. The van der Waals surface area contributed by atoms with Crippen molar-refractivity contribution in [1.29, 1.82) is 0 Å². The summed E-state index contributed by atoms with van der Waals surface area (Å²) in [5, 5.41) is 10.5. The third-order valence-electron chi connectivity index (χ3n) is 5.05. The summed E-state index contributed by atoms with van der Waals surface area (Å²) in [6.07, 6.45) is 2.11. The third-order valence-corrected chi connectivity index (χ3v) is 5.05. The number of aryl methyl sites for hydroxylation is 1. The van der Waals surface area contributed by atoms with Crippen LogP contribution in [0.15, 0.2) is 42.5 Å². The van der Waals surface area contributed by atoms with E-state index in [2.05, 4.69) is 29.2 Å². The van der Waals surface area contributed by atoms with E-state index < -0.39 is 5.97 Å². The molecule has 0 bridgehead atoms. The zero-order valence-corrected chi connectivity index (χ0v) is 14.2. The van der Waals surface area contributed by atoms with Gasteiger partial charge >= 0.3 is 5.97 Å². The fraction of sp³-hybridized carbons (Fsp3) is 0.286. The number of hydrogen-bond donors (Lipinski definition) is 2. The lowest BCUT2D eigenvalue weighted by Crippen LogP contribution is -2.21. The van der Waals surface area contributed by atoms with Crippen molar-refractivity contribution in [2.24, 2.45) is 5.92 Å². The number of H-pyrrole nitrogens is 1. The van der Waals surface area contributed by atoms with Crippen molar-refractivity contribution in [2.75, 3.05) is 6.61 Å². The van der Waals surface area contributed by atoms with Crippen LogP contribution in [0.2, 0.25) is 0 Å². The van der Waals surface area contributed by atoms with Crippen LogP contribution in [-0.2, 0) is 17.6 Å².